The van der Waals surface area contributed by atoms with Crippen LogP contribution in [0, 0.1) is 11.7 Å². The number of nitrogens with zero attached hydrogens (tertiary/aromatic N) is 1. The maximum atomic E-state index is 13.8. The van der Waals surface area contributed by atoms with Gasteiger partial charge < -0.3 is 15.0 Å². The minimum Gasteiger partial charge on any atom is -0.490 e. The van der Waals surface area contributed by atoms with Gasteiger partial charge in [0, 0.05) is 19.5 Å². The number of hydrogen-bond acceptors (Lipinski definition) is 4. The Balaban J connectivity index is 1.56. The molecule has 160 valence electrons. The Morgan fingerprint density at radius 1 is 1.28 bits per heavy atom. The Morgan fingerprint density at radius 3 is 2.86 bits per heavy atom. The lowest BCUT2D eigenvalue weighted by Gasteiger charge is -2.25. The monoisotopic (exact) mass is 405 g/mol. The topological polar surface area (TPSA) is 70.7 Å². The molecule has 1 aromatic rings. The van der Waals surface area contributed by atoms with Crippen LogP contribution in [-0.2, 0) is 11.2 Å². The Labute approximate surface area is 172 Å². The summed E-state index contributed by atoms with van der Waals surface area (Å²) in [6, 6.07) is 4.73. The molecule has 1 aliphatic heterocycles. The number of halogens is 1. The number of carbonyl (C=O) groups is 2. The van der Waals surface area contributed by atoms with Crippen molar-refractivity contribution in [2.45, 2.75) is 39.5 Å². The van der Waals surface area contributed by atoms with Crippen molar-refractivity contribution in [2.75, 3.05) is 32.8 Å². The van der Waals surface area contributed by atoms with Crippen LogP contribution in [0.25, 0.3) is 0 Å². The second-order valence-electron chi connectivity index (χ2n) is 7.63. The van der Waals surface area contributed by atoms with Crippen LogP contribution in [0.5, 0.6) is 5.75 Å². The molecule has 1 saturated heterocycles. The minimum atomic E-state index is -0.317. The van der Waals surface area contributed by atoms with Crippen LogP contribution in [0.2, 0.25) is 0 Å². The molecule has 0 unspecified atom stereocenters. The van der Waals surface area contributed by atoms with Crippen molar-refractivity contribution in [3.05, 3.63) is 41.7 Å². The van der Waals surface area contributed by atoms with Gasteiger partial charge in [0.15, 0.2) is 11.6 Å². The number of amides is 3. The van der Waals surface area contributed by atoms with Crippen molar-refractivity contribution in [2.24, 2.45) is 5.92 Å². The zero-order valence-electron chi connectivity index (χ0n) is 17.4. The van der Waals surface area contributed by atoms with E-state index in [-0.39, 0.29) is 17.8 Å². The highest BCUT2D eigenvalue weighted by Crippen LogP contribution is 2.19. The first-order valence-corrected chi connectivity index (χ1v) is 10.3. The second kappa shape index (κ2) is 12.2. The van der Waals surface area contributed by atoms with Crippen LogP contribution < -0.4 is 15.4 Å². The zero-order chi connectivity index (χ0) is 21.1. The fourth-order valence-electron chi connectivity index (χ4n) is 2.87. The third-order valence-electron chi connectivity index (χ3n) is 4.52. The van der Waals surface area contributed by atoms with Crippen LogP contribution in [0.15, 0.2) is 30.4 Å². The summed E-state index contributed by atoms with van der Waals surface area (Å²) in [6.07, 6.45) is 7.12. The number of nitrogens with one attached hydrogen (secondary N) is 2. The third kappa shape index (κ3) is 8.64. The van der Waals surface area contributed by atoms with E-state index in [0.29, 0.717) is 37.8 Å². The van der Waals surface area contributed by atoms with Gasteiger partial charge in [-0.05, 0) is 56.0 Å². The molecule has 0 radical (unpaired) electrons. The van der Waals surface area contributed by atoms with Gasteiger partial charge in [0.2, 0.25) is 5.91 Å². The fraction of sp³-hybridized carbons (Fsp3) is 0.545. The molecule has 1 aromatic carbocycles. The Kier molecular flexibility index (Phi) is 9.64. The molecule has 0 aliphatic carbocycles. The molecule has 0 atom stereocenters. The van der Waals surface area contributed by atoms with E-state index in [4.69, 9.17) is 4.74 Å². The molecule has 0 spiro atoms. The summed E-state index contributed by atoms with van der Waals surface area (Å²) in [4.78, 5) is 24.3. The van der Waals surface area contributed by atoms with Crippen molar-refractivity contribution in [1.29, 1.82) is 0 Å². The standard InChI is InChI=1S/C22H32FN3O3/c1-17(2)16-29-20-15-18(7-8-19(20)23)9-12-24-11-5-3-4-6-13-26-14-10-21(27)25-22(26)28/h4,6-8,15,17,24H,3,5,9-14,16H2,1-2H3,(H,25,27,28)/b6-4+. The van der Waals surface area contributed by atoms with Gasteiger partial charge in [-0.25, -0.2) is 9.18 Å². The number of allylic oxidation sites excluding steroid dienone is 1. The molecule has 0 aromatic heterocycles. The van der Waals surface area contributed by atoms with Gasteiger partial charge >= 0.3 is 6.03 Å². The molecule has 0 bridgehead atoms. The fourth-order valence-corrected chi connectivity index (χ4v) is 2.87. The summed E-state index contributed by atoms with van der Waals surface area (Å²) < 4.78 is 19.3. The third-order valence-corrected chi connectivity index (χ3v) is 4.52. The number of unbranched alkanes of at least 4 members (excludes halogenated alkanes) is 1. The maximum absolute atomic E-state index is 13.8. The molecule has 1 aliphatic rings. The lowest BCUT2D eigenvalue weighted by atomic mass is 10.1. The van der Waals surface area contributed by atoms with E-state index >= 15 is 0 Å². The van der Waals surface area contributed by atoms with Gasteiger partial charge in [0.25, 0.3) is 0 Å². The average molecular weight is 406 g/mol. The smallest absolute Gasteiger partial charge is 0.324 e. The first kappa shape index (κ1) is 22.9. The number of rotatable bonds is 12. The number of hydrogen-bond donors (Lipinski definition) is 2. The first-order valence-electron chi connectivity index (χ1n) is 10.3. The predicted molar refractivity (Wildman–Crippen MR) is 111 cm³/mol. The molecule has 2 rings (SSSR count). The lowest BCUT2D eigenvalue weighted by Crippen LogP contribution is -2.49. The summed E-state index contributed by atoms with van der Waals surface area (Å²) in [5.41, 5.74) is 1.05. The molecule has 0 saturated carbocycles. The van der Waals surface area contributed by atoms with Crippen molar-refractivity contribution in [3.63, 3.8) is 0 Å². The first-order chi connectivity index (χ1) is 14.0. The zero-order valence-corrected chi connectivity index (χ0v) is 17.4. The van der Waals surface area contributed by atoms with Crippen molar-refractivity contribution >= 4 is 11.9 Å². The van der Waals surface area contributed by atoms with Crippen molar-refractivity contribution in [1.82, 2.24) is 15.5 Å². The van der Waals surface area contributed by atoms with E-state index in [1.807, 2.05) is 19.9 Å². The normalized spacial score (nSPS) is 14.7. The van der Waals surface area contributed by atoms with E-state index in [1.165, 1.54) is 6.07 Å². The molecular formula is C22H32FN3O3. The van der Waals surface area contributed by atoms with Crippen LogP contribution in [0.1, 0.15) is 38.7 Å². The largest absolute Gasteiger partial charge is 0.490 e. The molecule has 3 amide bonds. The Hall–Kier alpha value is -2.41. The Morgan fingerprint density at radius 2 is 2.10 bits per heavy atom. The van der Waals surface area contributed by atoms with Gasteiger partial charge in [-0.1, -0.05) is 32.1 Å². The highest BCUT2D eigenvalue weighted by molar-refractivity contribution is 5.96. The number of ether oxygens (including phenoxy) is 1. The molecule has 1 heterocycles. The molecule has 29 heavy (non-hydrogen) atoms. The quantitative estimate of drug-likeness (QED) is 0.414. The second-order valence-corrected chi connectivity index (χ2v) is 7.63. The van der Waals surface area contributed by atoms with Gasteiger partial charge in [0.05, 0.1) is 6.61 Å². The minimum absolute atomic E-state index is 0.207. The summed E-state index contributed by atoms with van der Waals surface area (Å²) >= 11 is 0. The molecule has 7 heteroatoms. The van der Waals surface area contributed by atoms with E-state index in [9.17, 15) is 14.0 Å². The number of imide groups is 1. The highest BCUT2D eigenvalue weighted by Gasteiger charge is 2.21. The predicted octanol–water partition coefficient (Wildman–Crippen LogP) is 3.27. The van der Waals surface area contributed by atoms with Gasteiger partial charge in [-0.3, -0.25) is 10.1 Å². The molecule has 2 N–H and O–H groups in total. The van der Waals surface area contributed by atoms with E-state index < -0.39 is 0 Å². The Bertz CT molecular complexity index is 707. The molecule has 1 fully saturated rings. The van der Waals surface area contributed by atoms with E-state index in [2.05, 4.69) is 16.7 Å². The van der Waals surface area contributed by atoms with Gasteiger partial charge in [-0.2, -0.15) is 0 Å². The average Bonchev–Trinajstić information content (AvgIpc) is 2.68. The lowest BCUT2D eigenvalue weighted by molar-refractivity contribution is -0.121. The number of benzene rings is 1. The molecule has 6 nitrogen and oxygen atoms in total. The van der Waals surface area contributed by atoms with Crippen LogP contribution in [0.3, 0.4) is 0 Å². The van der Waals surface area contributed by atoms with Crippen LogP contribution >= 0.6 is 0 Å². The summed E-state index contributed by atoms with van der Waals surface area (Å²) in [5, 5.41) is 5.70. The maximum Gasteiger partial charge on any atom is 0.324 e. The van der Waals surface area contributed by atoms with Gasteiger partial charge in [0.1, 0.15) is 0 Å². The SMILES string of the molecule is CC(C)COc1cc(CCNCCC/C=C/CN2CCC(=O)NC2=O)ccc1F. The van der Waals surface area contributed by atoms with E-state index in [0.717, 1.165) is 37.9 Å². The van der Waals surface area contributed by atoms with Crippen LogP contribution in [-0.4, -0.2) is 49.6 Å². The van der Waals surface area contributed by atoms with E-state index in [1.54, 1.807) is 17.0 Å². The van der Waals surface area contributed by atoms with Crippen LogP contribution in [0.4, 0.5) is 9.18 Å². The van der Waals surface area contributed by atoms with Crippen molar-refractivity contribution < 1.29 is 18.7 Å². The summed E-state index contributed by atoms with van der Waals surface area (Å²) in [7, 11) is 0. The van der Waals surface area contributed by atoms with Crippen molar-refractivity contribution in [3.8, 4) is 5.75 Å². The number of carbonyl (C=O) groups excluding carboxylic acids is 2. The van der Waals surface area contributed by atoms with Gasteiger partial charge in [-0.15, -0.1) is 0 Å². The molecular weight excluding hydrogens is 373 g/mol. The number of urea groups is 1. The highest BCUT2D eigenvalue weighted by atomic mass is 19.1. The summed E-state index contributed by atoms with van der Waals surface area (Å²) in [6.45, 7) is 7.29. The summed E-state index contributed by atoms with van der Waals surface area (Å²) in [5.74, 6) is 0.159.